The van der Waals surface area contributed by atoms with E-state index in [9.17, 15) is 0 Å². The minimum absolute atomic E-state index is 1.01. The highest BCUT2D eigenvalue weighted by Crippen LogP contribution is 2.36. The van der Waals surface area contributed by atoms with Crippen LogP contribution in [0.15, 0.2) is 0 Å². The molecule has 1 unspecified atom stereocenters. The molecule has 1 rings (SSSR count). The summed E-state index contributed by atoms with van der Waals surface area (Å²) < 4.78 is 0. The first-order valence-corrected chi connectivity index (χ1v) is 7.69. The van der Waals surface area contributed by atoms with Gasteiger partial charge in [-0.2, -0.15) is 0 Å². The molecule has 1 aliphatic rings. The second-order valence-electron chi connectivity index (χ2n) is 5.68. The van der Waals surface area contributed by atoms with Crippen LogP contribution < -0.4 is 0 Å². The van der Waals surface area contributed by atoms with Crippen molar-refractivity contribution in [2.24, 2.45) is 17.8 Å². The molecular formula is C16H34. The predicted molar refractivity (Wildman–Crippen MR) is 75.8 cm³/mol. The van der Waals surface area contributed by atoms with Crippen LogP contribution in [-0.2, 0) is 0 Å². The van der Waals surface area contributed by atoms with E-state index in [1.165, 1.54) is 51.4 Å². The molecule has 98 valence electrons. The number of rotatable bonds is 4. The van der Waals surface area contributed by atoms with Gasteiger partial charge >= 0.3 is 0 Å². The van der Waals surface area contributed by atoms with Crippen LogP contribution in [0.25, 0.3) is 0 Å². The molecule has 1 saturated carbocycles. The van der Waals surface area contributed by atoms with Gasteiger partial charge in [-0.3, -0.25) is 0 Å². The van der Waals surface area contributed by atoms with Gasteiger partial charge in [-0.05, 0) is 30.6 Å². The van der Waals surface area contributed by atoms with Crippen molar-refractivity contribution in [2.75, 3.05) is 0 Å². The first-order chi connectivity index (χ1) is 7.69. The summed E-state index contributed by atoms with van der Waals surface area (Å²) in [5, 5.41) is 0. The zero-order valence-electron chi connectivity index (χ0n) is 12.4. The van der Waals surface area contributed by atoms with Crippen LogP contribution in [0.4, 0.5) is 0 Å². The van der Waals surface area contributed by atoms with Gasteiger partial charge in [0.05, 0.1) is 0 Å². The highest BCUT2D eigenvalue weighted by atomic mass is 14.3. The van der Waals surface area contributed by atoms with Crippen LogP contribution in [0.3, 0.4) is 0 Å². The Bertz CT molecular complexity index is 131. The lowest BCUT2D eigenvalue weighted by Crippen LogP contribution is -2.20. The molecule has 1 aliphatic carbocycles. The van der Waals surface area contributed by atoms with E-state index in [-0.39, 0.29) is 0 Å². The Labute approximate surface area is 104 Å². The van der Waals surface area contributed by atoms with Gasteiger partial charge in [-0.25, -0.2) is 0 Å². The van der Waals surface area contributed by atoms with E-state index >= 15 is 0 Å². The van der Waals surface area contributed by atoms with Crippen molar-refractivity contribution < 1.29 is 0 Å². The molecule has 0 nitrogen and oxygen atoms in total. The van der Waals surface area contributed by atoms with E-state index in [0.717, 1.165) is 17.8 Å². The van der Waals surface area contributed by atoms with E-state index in [1.54, 1.807) is 0 Å². The average molecular weight is 226 g/mol. The van der Waals surface area contributed by atoms with E-state index in [1.807, 2.05) is 0 Å². The molecule has 0 aromatic heterocycles. The lowest BCUT2D eigenvalue weighted by atomic mass is 9.74. The topological polar surface area (TPSA) is 0 Å². The van der Waals surface area contributed by atoms with Crippen molar-refractivity contribution in [1.82, 2.24) is 0 Å². The van der Waals surface area contributed by atoms with Crippen molar-refractivity contribution in [1.29, 1.82) is 0 Å². The van der Waals surface area contributed by atoms with Crippen LogP contribution >= 0.6 is 0 Å². The van der Waals surface area contributed by atoms with E-state index < -0.39 is 0 Å². The zero-order chi connectivity index (χ0) is 12.4. The molecule has 1 fully saturated rings. The summed E-state index contributed by atoms with van der Waals surface area (Å²) in [5.74, 6) is 3.12. The Morgan fingerprint density at radius 3 is 1.81 bits per heavy atom. The van der Waals surface area contributed by atoms with E-state index in [4.69, 9.17) is 0 Å². The zero-order valence-corrected chi connectivity index (χ0v) is 12.4. The van der Waals surface area contributed by atoms with Gasteiger partial charge in [-0.15, -0.1) is 0 Å². The highest BCUT2D eigenvalue weighted by molar-refractivity contribution is 4.75. The summed E-state index contributed by atoms with van der Waals surface area (Å²) in [6.45, 7) is 11.4. The molecule has 0 bridgehead atoms. The maximum atomic E-state index is 2.41. The third kappa shape index (κ3) is 6.55. The second-order valence-corrected chi connectivity index (χ2v) is 5.68. The summed E-state index contributed by atoms with van der Waals surface area (Å²) in [7, 11) is 0. The van der Waals surface area contributed by atoms with Gasteiger partial charge < -0.3 is 0 Å². The van der Waals surface area contributed by atoms with Crippen molar-refractivity contribution in [3.8, 4) is 0 Å². The maximum Gasteiger partial charge on any atom is -0.0386 e. The van der Waals surface area contributed by atoms with Crippen LogP contribution in [0.1, 0.15) is 86.0 Å². The molecule has 0 heteroatoms. The maximum absolute atomic E-state index is 2.41. The first kappa shape index (κ1) is 16.0. The van der Waals surface area contributed by atoms with Crippen molar-refractivity contribution in [3.05, 3.63) is 0 Å². The molecule has 0 saturated heterocycles. The number of hydrogen-bond acceptors (Lipinski definition) is 0. The first-order valence-electron chi connectivity index (χ1n) is 7.69. The van der Waals surface area contributed by atoms with Crippen molar-refractivity contribution in [2.45, 2.75) is 86.0 Å². The Balaban J connectivity index is 0.000000673. The Morgan fingerprint density at radius 1 is 0.938 bits per heavy atom. The molecule has 0 aromatic carbocycles. The molecule has 0 N–H and O–H groups in total. The third-order valence-electron chi connectivity index (χ3n) is 3.91. The molecule has 0 radical (unpaired) electrons. The molecule has 0 amide bonds. The third-order valence-corrected chi connectivity index (χ3v) is 3.91. The Morgan fingerprint density at radius 2 is 1.44 bits per heavy atom. The summed E-state index contributed by atoms with van der Waals surface area (Å²) >= 11 is 0. The fourth-order valence-electron chi connectivity index (χ4n) is 2.90. The SMILES string of the molecule is CCC.CCCC(CC)C1CCC(C)CC1. The summed E-state index contributed by atoms with van der Waals surface area (Å²) in [6, 6.07) is 0. The van der Waals surface area contributed by atoms with Gasteiger partial charge in [0.25, 0.3) is 0 Å². The monoisotopic (exact) mass is 226 g/mol. The molecule has 0 aliphatic heterocycles. The van der Waals surface area contributed by atoms with E-state index in [0.29, 0.717) is 0 Å². The average Bonchev–Trinajstić information content (AvgIpc) is 2.28. The van der Waals surface area contributed by atoms with Gasteiger partial charge in [0.2, 0.25) is 0 Å². The normalized spacial score (nSPS) is 26.8. The molecule has 0 spiro atoms. The lowest BCUT2D eigenvalue weighted by molar-refractivity contribution is 0.197. The van der Waals surface area contributed by atoms with Crippen LogP contribution in [-0.4, -0.2) is 0 Å². The van der Waals surface area contributed by atoms with Crippen LogP contribution in [0.5, 0.6) is 0 Å². The standard InChI is InChI=1S/C13H26.C3H8/c1-4-6-12(5-2)13-9-7-11(3)8-10-13;1-3-2/h11-13H,4-10H2,1-3H3;3H2,1-2H3. The molecule has 1 atom stereocenters. The van der Waals surface area contributed by atoms with Gasteiger partial charge in [0.1, 0.15) is 0 Å². The van der Waals surface area contributed by atoms with Crippen LogP contribution in [0.2, 0.25) is 0 Å². The lowest BCUT2D eigenvalue weighted by Gasteiger charge is -2.32. The second kappa shape index (κ2) is 10.2. The predicted octanol–water partition coefficient (Wildman–Crippen LogP) is 6.06. The Hall–Kier alpha value is 0. The summed E-state index contributed by atoms with van der Waals surface area (Å²) in [4.78, 5) is 0. The van der Waals surface area contributed by atoms with Gasteiger partial charge in [0, 0.05) is 0 Å². The van der Waals surface area contributed by atoms with Crippen LogP contribution in [0, 0.1) is 17.8 Å². The Kier molecular flexibility index (Phi) is 10.2. The van der Waals surface area contributed by atoms with Gasteiger partial charge in [-0.1, -0.05) is 73.1 Å². The largest absolute Gasteiger partial charge is 0.0656 e. The summed E-state index contributed by atoms with van der Waals surface area (Å²) in [6.07, 6.45) is 11.5. The molecule has 0 heterocycles. The van der Waals surface area contributed by atoms with Crippen molar-refractivity contribution >= 4 is 0 Å². The minimum atomic E-state index is 1.01. The molecule has 0 aromatic rings. The summed E-state index contributed by atoms with van der Waals surface area (Å²) in [5.41, 5.74) is 0. The van der Waals surface area contributed by atoms with Gasteiger partial charge in [0.15, 0.2) is 0 Å². The molecular weight excluding hydrogens is 192 g/mol. The minimum Gasteiger partial charge on any atom is -0.0656 e. The highest BCUT2D eigenvalue weighted by Gasteiger charge is 2.23. The quantitative estimate of drug-likeness (QED) is 0.547. The molecule has 16 heavy (non-hydrogen) atoms. The number of hydrogen-bond donors (Lipinski definition) is 0. The smallest absolute Gasteiger partial charge is 0.0386 e. The van der Waals surface area contributed by atoms with E-state index in [2.05, 4.69) is 34.6 Å². The fraction of sp³-hybridized carbons (Fsp3) is 1.00. The van der Waals surface area contributed by atoms with Crippen molar-refractivity contribution in [3.63, 3.8) is 0 Å². The fourth-order valence-corrected chi connectivity index (χ4v) is 2.90.